The molecule has 1 aliphatic rings. The normalized spacial score (nSPS) is 22.3. The molecule has 0 bridgehead atoms. The molecule has 0 saturated carbocycles. The maximum absolute atomic E-state index is 3.67. The Bertz CT molecular complexity index is 562. The molecule has 1 heterocycles. The highest BCUT2D eigenvalue weighted by Gasteiger charge is 2.25. The van der Waals surface area contributed by atoms with Gasteiger partial charge in [-0.1, -0.05) is 49.4 Å². The number of nitrogens with zero attached hydrogens (tertiary/aromatic N) is 1. The lowest BCUT2D eigenvalue weighted by atomic mass is 10.0. The van der Waals surface area contributed by atoms with Gasteiger partial charge in [0.05, 0.1) is 0 Å². The number of aryl methyl sites for hydroxylation is 1. The summed E-state index contributed by atoms with van der Waals surface area (Å²) >= 11 is 0. The predicted octanol–water partition coefficient (Wildman–Crippen LogP) is 3.79. The van der Waals surface area contributed by atoms with Crippen LogP contribution in [0.4, 0.5) is 5.69 Å². The second-order valence-electron chi connectivity index (χ2n) is 5.89. The van der Waals surface area contributed by atoms with Gasteiger partial charge in [0, 0.05) is 30.9 Å². The van der Waals surface area contributed by atoms with Crippen LogP contribution in [0.3, 0.4) is 0 Å². The van der Waals surface area contributed by atoms with Crippen LogP contribution in [0.2, 0.25) is 0 Å². The quantitative estimate of drug-likeness (QED) is 0.920. The Morgan fingerprint density at radius 1 is 1.05 bits per heavy atom. The average molecular weight is 280 g/mol. The monoisotopic (exact) mass is 280 g/mol. The molecule has 3 rings (SSSR count). The molecule has 1 N–H and O–H groups in total. The Kier molecular flexibility index (Phi) is 4.26. The van der Waals surface area contributed by atoms with Gasteiger partial charge in [0.1, 0.15) is 0 Å². The molecule has 2 aromatic carbocycles. The fourth-order valence-electron chi connectivity index (χ4n) is 3.06. The van der Waals surface area contributed by atoms with Gasteiger partial charge in [0.2, 0.25) is 0 Å². The van der Waals surface area contributed by atoms with Crippen molar-refractivity contribution in [3.8, 4) is 0 Å². The number of hydrogen-bond donors (Lipinski definition) is 1. The summed E-state index contributed by atoms with van der Waals surface area (Å²) < 4.78 is 0. The molecule has 2 atom stereocenters. The van der Waals surface area contributed by atoms with Gasteiger partial charge in [-0.25, -0.2) is 0 Å². The van der Waals surface area contributed by atoms with E-state index in [1.165, 1.54) is 16.8 Å². The number of benzene rings is 2. The van der Waals surface area contributed by atoms with Crippen LogP contribution in [0.5, 0.6) is 0 Å². The summed E-state index contributed by atoms with van der Waals surface area (Å²) in [7, 11) is 0. The largest absolute Gasteiger partial charge is 0.366 e. The van der Waals surface area contributed by atoms with E-state index in [1.807, 2.05) is 0 Å². The maximum atomic E-state index is 3.67. The van der Waals surface area contributed by atoms with Crippen LogP contribution in [0, 0.1) is 0 Å². The third-order valence-corrected chi connectivity index (χ3v) is 4.45. The van der Waals surface area contributed by atoms with Crippen molar-refractivity contribution in [3.63, 3.8) is 0 Å². The van der Waals surface area contributed by atoms with Crippen LogP contribution in [-0.4, -0.2) is 19.1 Å². The molecule has 1 fully saturated rings. The van der Waals surface area contributed by atoms with Crippen LogP contribution >= 0.6 is 0 Å². The first-order valence-electron chi connectivity index (χ1n) is 7.92. The molecule has 2 aromatic rings. The molecule has 0 radical (unpaired) electrons. The molecule has 0 amide bonds. The molecule has 2 heteroatoms. The van der Waals surface area contributed by atoms with Gasteiger partial charge in [0.15, 0.2) is 0 Å². The lowest BCUT2D eigenvalue weighted by Gasteiger charge is -2.40. The third kappa shape index (κ3) is 3.11. The highest BCUT2D eigenvalue weighted by atomic mass is 15.2. The molecule has 1 saturated heterocycles. The summed E-state index contributed by atoms with van der Waals surface area (Å²) in [5.41, 5.74) is 4.11. The van der Waals surface area contributed by atoms with Crippen molar-refractivity contribution in [3.05, 3.63) is 65.7 Å². The first-order valence-corrected chi connectivity index (χ1v) is 7.92. The van der Waals surface area contributed by atoms with Gasteiger partial charge in [-0.15, -0.1) is 0 Å². The van der Waals surface area contributed by atoms with Gasteiger partial charge in [-0.2, -0.15) is 0 Å². The van der Waals surface area contributed by atoms with E-state index in [9.17, 15) is 0 Å². The van der Waals surface area contributed by atoms with E-state index >= 15 is 0 Å². The number of rotatable bonds is 3. The van der Waals surface area contributed by atoms with Crippen LogP contribution < -0.4 is 10.2 Å². The Balaban J connectivity index is 1.80. The van der Waals surface area contributed by atoms with E-state index in [1.54, 1.807) is 0 Å². The van der Waals surface area contributed by atoms with E-state index in [2.05, 4.69) is 78.7 Å². The highest BCUT2D eigenvalue weighted by molar-refractivity contribution is 5.49. The van der Waals surface area contributed by atoms with Crippen molar-refractivity contribution in [2.75, 3.05) is 18.0 Å². The van der Waals surface area contributed by atoms with Crippen molar-refractivity contribution in [1.29, 1.82) is 0 Å². The van der Waals surface area contributed by atoms with Crippen molar-refractivity contribution in [1.82, 2.24) is 5.32 Å². The summed E-state index contributed by atoms with van der Waals surface area (Å²) in [6.45, 7) is 6.54. The van der Waals surface area contributed by atoms with E-state index in [0.717, 1.165) is 19.5 Å². The fourth-order valence-corrected chi connectivity index (χ4v) is 3.06. The van der Waals surface area contributed by atoms with Crippen LogP contribution in [-0.2, 0) is 6.42 Å². The molecule has 2 unspecified atom stereocenters. The molecular weight excluding hydrogens is 256 g/mol. The lowest BCUT2D eigenvalue weighted by molar-refractivity contribution is 0.414. The number of piperazine rings is 1. The summed E-state index contributed by atoms with van der Waals surface area (Å²) in [6, 6.07) is 20.7. The zero-order chi connectivity index (χ0) is 14.7. The van der Waals surface area contributed by atoms with Gasteiger partial charge < -0.3 is 10.2 Å². The minimum absolute atomic E-state index is 0.410. The molecule has 0 aromatic heterocycles. The Morgan fingerprint density at radius 3 is 2.43 bits per heavy atom. The van der Waals surface area contributed by atoms with Gasteiger partial charge >= 0.3 is 0 Å². The molecule has 110 valence electrons. The third-order valence-electron chi connectivity index (χ3n) is 4.45. The molecule has 2 nitrogen and oxygen atoms in total. The molecule has 0 spiro atoms. The van der Waals surface area contributed by atoms with Crippen molar-refractivity contribution in [2.45, 2.75) is 32.4 Å². The van der Waals surface area contributed by atoms with Crippen LogP contribution in [0.1, 0.15) is 31.0 Å². The molecule has 1 aliphatic heterocycles. The summed E-state index contributed by atoms with van der Waals surface area (Å²) in [6.07, 6.45) is 1.10. The van der Waals surface area contributed by atoms with Crippen molar-refractivity contribution >= 4 is 5.69 Å². The number of nitrogens with one attached hydrogen (secondary N) is 1. The van der Waals surface area contributed by atoms with E-state index < -0.39 is 0 Å². The number of hydrogen-bond acceptors (Lipinski definition) is 2. The topological polar surface area (TPSA) is 15.3 Å². The van der Waals surface area contributed by atoms with Crippen molar-refractivity contribution < 1.29 is 0 Å². The first-order chi connectivity index (χ1) is 10.3. The fraction of sp³-hybridized carbons (Fsp3) is 0.368. The highest BCUT2D eigenvalue weighted by Crippen LogP contribution is 2.25. The minimum atomic E-state index is 0.410. The SMILES string of the molecule is CCc1ccc(N2CC(c3ccccc3)NCC2C)cc1. The minimum Gasteiger partial charge on any atom is -0.366 e. The van der Waals surface area contributed by atoms with Gasteiger partial charge in [-0.05, 0) is 36.6 Å². The van der Waals surface area contributed by atoms with E-state index in [4.69, 9.17) is 0 Å². The zero-order valence-corrected chi connectivity index (χ0v) is 12.9. The Hall–Kier alpha value is -1.80. The van der Waals surface area contributed by atoms with Crippen LogP contribution in [0.25, 0.3) is 0 Å². The zero-order valence-electron chi connectivity index (χ0n) is 12.9. The lowest BCUT2D eigenvalue weighted by Crippen LogP contribution is -2.51. The van der Waals surface area contributed by atoms with Crippen LogP contribution in [0.15, 0.2) is 54.6 Å². The smallest absolute Gasteiger partial charge is 0.0499 e. The Morgan fingerprint density at radius 2 is 1.76 bits per heavy atom. The van der Waals surface area contributed by atoms with E-state index in [-0.39, 0.29) is 0 Å². The maximum Gasteiger partial charge on any atom is 0.0499 e. The van der Waals surface area contributed by atoms with Gasteiger partial charge in [0.25, 0.3) is 0 Å². The van der Waals surface area contributed by atoms with Gasteiger partial charge in [-0.3, -0.25) is 0 Å². The summed E-state index contributed by atoms with van der Waals surface area (Å²) in [5, 5.41) is 3.67. The Labute approximate surface area is 127 Å². The summed E-state index contributed by atoms with van der Waals surface area (Å²) in [4.78, 5) is 2.52. The second-order valence-corrected chi connectivity index (χ2v) is 5.89. The molecule has 0 aliphatic carbocycles. The average Bonchev–Trinajstić information content (AvgIpc) is 2.56. The van der Waals surface area contributed by atoms with Crippen molar-refractivity contribution in [2.24, 2.45) is 0 Å². The number of anilines is 1. The standard InChI is InChI=1S/C19H24N2/c1-3-16-9-11-18(12-10-16)21-14-19(20-13-15(21)2)17-7-5-4-6-8-17/h4-12,15,19-20H,3,13-14H2,1-2H3. The second kappa shape index (κ2) is 6.31. The predicted molar refractivity (Wildman–Crippen MR) is 89.8 cm³/mol. The first kappa shape index (κ1) is 14.2. The molecule has 21 heavy (non-hydrogen) atoms. The molecular formula is C19H24N2. The summed E-state index contributed by atoms with van der Waals surface area (Å²) in [5.74, 6) is 0. The van der Waals surface area contributed by atoms with E-state index in [0.29, 0.717) is 12.1 Å².